The maximum absolute atomic E-state index is 11.8. The van der Waals surface area contributed by atoms with Gasteiger partial charge in [0.15, 0.2) is 11.5 Å². The van der Waals surface area contributed by atoms with Crippen LogP contribution in [0.1, 0.15) is 60.2 Å². The maximum atomic E-state index is 11.8. The van der Waals surface area contributed by atoms with Crippen LogP contribution in [0.15, 0.2) is 35.0 Å². The number of nitrogens with two attached hydrogens (primary N) is 1. The minimum Gasteiger partial charge on any atom is -0.385 e. The van der Waals surface area contributed by atoms with Crippen molar-refractivity contribution in [2.45, 2.75) is 39.3 Å². The molecule has 0 radical (unpaired) electrons. The molecule has 0 saturated heterocycles. The molecule has 1 amide bonds. The molecule has 3 aromatic rings. The van der Waals surface area contributed by atoms with Crippen molar-refractivity contribution in [3.8, 4) is 17.3 Å². The molecule has 9 heteroatoms. The number of aliphatic hydroxyl groups excluding tert-OH is 1. The molecule has 0 aliphatic rings. The molecule has 3 N–H and O–H groups in total. The summed E-state index contributed by atoms with van der Waals surface area (Å²) in [5.74, 6) is -0.838. The first-order valence-electron chi connectivity index (χ1n) is 9.43. The summed E-state index contributed by atoms with van der Waals surface area (Å²) >= 11 is 6.12. The molecule has 0 aliphatic carbocycles. The number of carbonyl (C=O) groups excluding carboxylic acids is 1. The Morgan fingerprint density at radius 1 is 1.37 bits per heavy atom. The summed E-state index contributed by atoms with van der Waals surface area (Å²) in [6.45, 7) is 5.97. The highest BCUT2D eigenvalue weighted by Gasteiger charge is 2.30. The van der Waals surface area contributed by atoms with E-state index < -0.39 is 12.0 Å². The number of hydrogen-bond acceptors (Lipinski definition) is 6. The van der Waals surface area contributed by atoms with Crippen LogP contribution in [-0.2, 0) is 6.54 Å². The smallest absolute Gasteiger partial charge is 0.271 e. The summed E-state index contributed by atoms with van der Waals surface area (Å²) in [5, 5.41) is 28.2. The van der Waals surface area contributed by atoms with E-state index >= 15 is 0 Å². The van der Waals surface area contributed by atoms with E-state index in [9.17, 15) is 9.90 Å². The Labute approximate surface area is 178 Å². The number of aliphatic hydroxyl groups is 1. The van der Waals surface area contributed by atoms with Gasteiger partial charge in [0.05, 0.1) is 16.3 Å². The van der Waals surface area contributed by atoms with Crippen molar-refractivity contribution in [3.05, 3.63) is 58.1 Å². The van der Waals surface area contributed by atoms with Gasteiger partial charge in [0.1, 0.15) is 12.2 Å². The molecule has 2 aromatic heterocycles. The number of hydrogen-bond donors (Lipinski definition) is 2. The SMILES string of the molecule is CC(C)C(O)c1onc(C(N)=O)c1[C@H](C)Cn1ccc(-c2ccc(C#N)c(Cl)c2)n1. The first kappa shape index (κ1) is 21.6. The number of amides is 1. The van der Waals surface area contributed by atoms with Gasteiger partial charge in [-0.2, -0.15) is 10.4 Å². The average molecular weight is 428 g/mol. The van der Waals surface area contributed by atoms with Gasteiger partial charge in [0, 0.05) is 29.8 Å². The molecular weight excluding hydrogens is 406 g/mol. The van der Waals surface area contributed by atoms with Gasteiger partial charge in [-0.15, -0.1) is 0 Å². The first-order valence-corrected chi connectivity index (χ1v) is 9.81. The predicted molar refractivity (Wildman–Crippen MR) is 111 cm³/mol. The Bertz CT molecular complexity index is 1110. The molecule has 0 spiro atoms. The molecule has 0 fully saturated rings. The Hall–Kier alpha value is -3.15. The van der Waals surface area contributed by atoms with Crippen LogP contribution in [-0.4, -0.2) is 26.0 Å². The lowest BCUT2D eigenvalue weighted by atomic mass is 9.93. The Morgan fingerprint density at radius 2 is 2.10 bits per heavy atom. The monoisotopic (exact) mass is 427 g/mol. The first-order chi connectivity index (χ1) is 14.2. The molecule has 0 aliphatic heterocycles. The number of nitriles is 1. The zero-order valence-corrected chi connectivity index (χ0v) is 17.6. The molecular formula is C21H22ClN5O3. The molecule has 3 rings (SSSR count). The highest BCUT2D eigenvalue weighted by Crippen LogP contribution is 2.33. The normalized spacial score (nSPS) is 13.2. The van der Waals surface area contributed by atoms with Crippen molar-refractivity contribution in [1.29, 1.82) is 5.26 Å². The van der Waals surface area contributed by atoms with Crippen molar-refractivity contribution >= 4 is 17.5 Å². The van der Waals surface area contributed by atoms with E-state index in [2.05, 4.69) is 10.3 Å². The largest absolute Gasteiger partial charge is 0.385 e. The van der Waals surface area contributed by atoms with Gasteiger partial charge in [0.2, 0.25) is 0 Å². The van der Waals surface area contributed by atoms with Crippen LogP contribution >= 0.6 is 11.6 Å². The van der Waals surface area contributed by atoms with Gasteiger partial charge in [-0.3, -0.25) is 9.48 Å². The van der Waals surface area contributed by atoms with Crippen molar-refractivity contribution in [2.24, 2.45) is 11.7 Å². The zero-order valence-electron chi connectivity index (χ0n) is 16.8. The summed E-state index contributed by atoms with van der Waals surface area (Å²) in [6, 6.07) is 8.98. The second-order valence-electron chi connectivity index (χ2n) is 7.49. The number of rotatable bonds is 7. The van der Waals surface area contributed by atoms with Crippen molar-refractivity contribution in [2.75, 3.05) is 0 Å². The molecule has 156 valence electrons. The highest BCUT2D eigenvalue weighted by molar-refractivity contribution is 6.32. The fourth-order valence-corrected chi connectivity index (χ4v) is 3.46. The van der Waals surface area contributed by atoms with Crippen LogP contribution in [0.3, 0.4) is 0 Å². The van der Waals surface area contributed by atoms with E-state index in [1.807, 2.05) is 32.9 Å². The van der Waals surface area contributed by atoms with Crippen molar-refractivity contribution in [1.82, 2.24) is 14.9 Å². The van der Waals surface area contributed by atoms with Gasteiger partial charge < -0.3 is 15.4 Å². The second kappa shape index (κ2) is 8.69. The van der Waals surface area contributed by atoms with E-state index in [0.717, 1.165) is 5.56 Å². The molecule has 30 heavy (non-hydrogen) atoms. The molecule has 2 atom stereocenters. The lowest BCUT2D eigenvalue weighted by Crippen LogP contribution is -2.18. The van der Waals surface area contributed by atoms with E-state index in [-0.39, 0.29) is 23.3 Å². The third-order valence-electron chi connectivity index (χ3n) is 4.87. The number of primary amides is 1. The van der Waals surface area contributed by atoms with Crippen LogP contribution in [0, 0.1) is 17.2 Å². The molecule has 0 saturated carbocycles. The Morgan fingerprint density at radius 3 is 2.70 bits per heavy atom. The maximum Gasteiger partial charge on any atom is 0.271 e. The fraction of sp³-hybridized carbons (Fsp3) is 0.333. The Balaban J connectivity index is 1.88. The molecule has 2 heterocycles. The third-order valence-corrected chi connectivity index (χ3v) is 5.18. The average Bonchev–Trinajstić information content (AvgIpc) is 3.34. The van der Waals surface area contributed by atoms with E-state index in [1.165, 1.54) is 0 Å². The van der Waals surface area contributed by atoms with E-state index in [4.69, 9.17) is 27.1 Å². The van der Waals surface area contributed by atoms with Crippen LogP contribution in [0.2, 0.25) is 5.02 Å². The Kier molecular flexibility index (Phi) is 6.25. The van der Waals surface area contributed by atoms with Gasteiger partial charge in [-0.05, 0) is 24.1 Å². The third kappa shape index (κ3) is 4.22. The highest BCUT2D eigenvalue weighted by atomic mass is 35.5. The van der Waals surface area contributed by atoms with Gasteiger partial charge in [-0.25, -0.2) is 0 Å². The minimum absolute atomic E-state index is 0.0171. The predicted octanol–water partition coefficient (Wildman–Crippen LogP) is 3.66. The quantitative estimate of drug-likeness (QED) is 0.591. The number of carbonyl (C=O) groups is 1. The summed E-state index contributed by atoms with van der Waals surface area (Å²) in [6.07, 6.45) is 0.894. The molecule has 8 nitrogen and oxygen atoms in total. The zero-order chi connectivity index (χ0) is 22.0. The number of halogens is 1. The minimum atomic E-state index is -0.906. The summed E-state index contributed by atoms with van der Waals surface area (Å²) < 4.78 is 6.99. The summed E-state index contributed by atoms with van der Waals surface area (Å²) in [5.41, 5.74) is 7.83. The van der Waals surface area contributed by atoms with Gasteiger partial charge >= 0.3 is 0 Å². The molecule has 1 unspecified atom stereocenters. The topological polar surface area (TPSA) is 131 Å². The van der Waals surface area contributed by atoms with Crippen LogP contribution in [0.5, 0.6) is 0 Å². The summed E-state index contributed by atoms with van der Waals surface area (Å²) in [4.78, 5) is 11.8. The van der Waals surface area contributed by atoms with Crippen molar-refractivity contribution < 1.29 is 14.4 Å². The molecule has 0 bridgehead atoms. The lowest BCUT2D eigenvalue weighted by Gasteiger charge is -2.17. The van der Waals surface area contributed by atoms with Crippen LogP contribution in [0.4, 0.5) is 0 Å². The molecule has 1 aromatic carbocycles. The van der Waals surface area contributed by atoms with Gasteiger partial charge in [-0.1, -0.05) is 43.6 Å². The standard InChI is InChI=1S/C21H22ClN5O3/c1-11(2)19(28)20-17(18(21(24)29)26-30-20)12(3)10-27-7-6-16(25-27)13-4-5-14(9-23)15(22)8-13/h4-8,11-12,19,28H,10H2,1-3H3,(H2,24,29)/t12-,19?/m1/s1. The second-order valence-corrected chi connectivity index (χ2v) is 7.90. The van der Waals surface area contributed by atoms with Crippen molar-refractivity contribution in [3.63, 3.8) is 0 Å². The fourth-order valence-electron chi connectivity index (χ4n) is 3.23. The van der Waals surface area contributed by atoms with Crippen LogP contribution < -0.4 is 5.73 Å². The summed E-state index contributed by atoms with van der Waals surface area (Å²) in [7, 11) is 0. The van der Waals surface area contributed by atoms with Crippen LogP contribution in [0.25, 0.3) is 11.3 Å². The lowest BCUT2D eigenvalue weighted by molar-refractivity contribution is 0.0924. The number of nitrogens with zero attached hydrogens (tertiary/aromatic N) is 4. The van der Waals surface area contributed by atoms with E-state index in [0.29, 0.717) is 28.4 Å². The van der Waals surface area contributed by atoms with Gasteiger partial charge in [0.25, 0.3) is 5.91 Å². The van der Waals surface area contributed by atoms with E-state index in [1.54, 1.807) is 29.1 Å². The number of aromatic nitrogens is 3. The number of benzene rings is 1.